The molecule has 1 aromatic carbocycles. The molecule has 0 aliphatic carbocycles. The zero-order valence-corrected chi connectivity index (χ0v) is 18.0. The van der Waals surface area contributed by atoms with E-state index in [9.17, 15) is 18.3 Å². The number of sulfonamides is 1. The number of amides is 1. The molecule has 2 atom stereocenters. The average molecular weight is 450 g/mol. The second-order valence-corrected chi connectivity index (χ2v) is 10.3. The number of benzene rings is 1. The molecule has 7 nitrogen and oxygen atoms in total. The Morgan fingerprint density at radius 3 is 2.54 bits per heavy atom. The van der Waals surface area contributed by atoms with Crippen LogP contribution in [0.3, 0.4) is 0 Å². The number of carbonyl (C=O) groups excluding carboxylic acids is 1. The largest absolute Gasteiger partial charge is 0.392 e. The van der Waals surface area contributed by atoms with Crippen molar-refractivity contribution in [1.29, 1.82) is 0 Å². The van der Waals surface area contributed by atoms with Crippen LogP contribution < -0.4 is 0 Å². The number of likely N-dealkylation sites (tertiary alicyclic amines) is 1. The number of hydrogen-bond acceptors (Lipinski definition) is 5. The molecule has 1 unspecified atom stereocenters. The Kier molecular flexibility index (Phi) is 6.89. The van der Waals surface area contributed by atoms with Crippen molar-refractivity contribution in [3.63, 3.8) is 0 Å². The summed E-state index contributed by atoms with van der Waals surface area (Å²) in [4.78, 5) is 16.8. The summed E-state index contributed by atoms with van der Waals surface area (Å²) < 4.78 is 25.4. The van der Waals surface area contributed by atoms with Crippen LogP contribution in [0.1, 0.15) is 12.0 Å². The van der Waals surface area contributed by atoms with Crippen LogP contribution in [-0.2, 0) is 21.2 Å². The first-order chi connectivity index (χ1) is 13.1. The van der Waals surface area contributed by atoms with Crippen molar-refractivity contribution >= 4 is 39.1 Å². The van der Waals surface area contributed by atoms with Crippen molar-refractivity contribution < 1.29 is 18.3 Å². The second-order valence-electron chi connectivity index (χ2n) is 7.49. The highest BCUT2D eigenvalue weighted by atomic mass is 35.5. The van der Waals surface area contributed by atoms with Gasteiger partial charge in [0.1, 0.15) is 0 Å². The average Bonchev–Trinajstić information content (AvgIpc) is 3.02. The molecule has 2 saturated heterocycles. The zero-order valence-electron chi connectivity index (χ0n) is 15.7. The van der Waals surface area contributed by atoms with Crippen molar-refractivity contribution in [3.8, 4) is 0 Å². The summed E-state index contributed by atoms with van der Waals surface area (Å²) >= 11 is 12.0. The molecule has 28 heavy (non-hydrogen) atoms. The van der Waals surface area contributed by atoms with Gasteiger partial charge in [-0.25, -0.2) is 8.42 Å². The first-order valence-corrected chi connectivity index (χ1v) is 11.8. The highest BCUT2D eigenvalue weighted by Crippen LogP contribution is 2.24. The van der Waals surface area contributed by atoms with E-state index in [1.54, 1.807) is 23.1 Å². The normalized spacial score (nSPS) is 24.6. The minimum atomic E-state index is -3.33. The van der Waals surface area contributed by atoms with Crippen molar-refractivity contribution in [2.75, 3.05) is 45.5 Å². The summed E-state index contributed by atoms with van der Waals surface area (Å²) in [6.45, 7) is 2.71. The van der Waals surface area contributed by atoms with Crippen LogP contribution in [0.2, 0.25) is 10.0 Å². The summed E-state index contributed by atoms with van der Waals surface area (Å²) in [5.41, 5.74) is 0.764. The summed E-state index contributed by atoms with van der Waals surface area (Å²) in [6, 6.07) is 4.85. The van der Waals surface area contributed by atoms with Gasteiger partial charge in [0.2, 0.25) is 15.9 Å². The maximum Gasteiger partial charge on any atom is 0.227 e. The Labute approximate surface area is 175 Å². The number of carbonyl (C=O) groups is 1. The first kappa shape index (κ1) is 21.8. The number of hydrogen-bond donors (Lipinski definition) is 1. The lowest BCUT2D eigenvalue weighted by Gasteiger charge is -2.42. The van der Waals surface area contributed by atoms with E-state index >= 15 is 0 Å². The molecular formula is C18H25Cl2N3O4S. The van der Waals surface area contributed by atoms with E-state index in [1.807, 2.05) is 0 Å². The highest BCUT2D eigenvalue weighted by Gasteiger charge is 2.36. The molecule has 2 aliphatic rings. The molecule has 1 N–H and O–H groups in total. The minimum Gasteiger partial charge on any atom is -0.392 e. The number of aliphatic hydroxyl groups excluding tert-OH is 1. The Morgan fingerprint density at radius 2 is 1.93 bits per heavy atom. The van der Waals surface area contributed by atoms with Crippen molar-refractivity contribution in [2.24, 2.45) is 0 Å². The summed E-state index contributed by atoms with van der Waals surface area (Å²) in [7, 11) is -3.33. The van der Waals surface area contributed by atoms with Crippen LogP contribution in [0, 0.1) is 0 Å². The van der Waals surface area contributed by atoms with Crippen LogP contribution >= 0.6 is 23.2 Å². The first-order valence-electron chi connectivity index (χ1n) is 9.22. The van der Waals surface area contributed by atoms with Gasteiger partial charge in [-0.1, -0.05) is 29.3 Å². The lowest BCUT2D eigenvalue weighted by Crippen LogP contribution is -2.59. The van der Waals surface area contributed by atoms with Crippen LogP contribution in [0.4, 0.5) is 0 Å². The molecule has 1 aromatic rings. The van der Waals surface area contributed by atoms with Crippen LogP contribution in [0.5, 0.6) is 0 Å². The van der Waals surface area contributed by atoms with Crippen LogP contribution in [-0.4, -0.2) is 91.2 Å². The summed E-state index contributed by atoms with van der Waals surface area (Å²) in [5.74, 6) is -0.0729. The molecule has 0 aromatic heterocycles. The van der Waals surface area contributed by atoms with E-state index in [4.69, 9.17) is 23.2 Å². The number of halogens is 2. The van der Waals surface area contributed by atoms with Gasteiger partial charge in [0, 0.05) is 39.3 Å². The topological polar surface area (TPSA) is 81.2 Å². The Morgan fingerprint density at radius 1 is 1.18 bits per heavy atom. The van der Waals surface area contributed by atoms with Gasteiger partial charge in [-0.2, -0.15) is 4.31 Å². The molecule has 3 rings (SSSR count). The maximum atomic E-state index is 13.0. The standard InChI is InChI=1S/C18H25Cl2N3O4S/c1-28(26,27)22-6-7-23(14(11-22)10-21-5-4-15(24)12-21)18(25)9-13-2-3-16(19)17(20)8-13/h2-3,8,14-15,24H,4-7,9-12H2,1H3/t14-,15?/m0/s1. The molecule has 2 fully saturated rings. The third-order valence-electron chi connectivity index (χ3n) is 5.29. The quantitative estimate of drug-likeness (QED) is 0.726. The predicted octanol–water partition coefficient (Wildman–Crippen LogP) is 1.07. The number of aliphatic hydroxyl groups is 1. The predicted molar refractivity (Wildman–Crippen MR) is 109 cm³/mol. The van der Waals surface area contributed by atoms with Gasteiger partial charge in [0.15, 0.2) is 0 Å². The molecule has 2 aliphatic heterocycles. The maximum absolute atomic E-state index is 13.0. The smallest absolute Gasteiger partial charge is 0.227 e. The van der Waals surface area contributed by atoms with E-state index in [0.717, 1.165) is 12.1 Å². The summed E-state index contributed by atoms with van der Waals surface area (Å²) in [6.07, 6.45) is 1.70. The van der Waals surface area contributed by atoms with E-state index in [1.165, 1.54) is 10.6 Å². The molecular weight excluding hydrogens is 425 g/mol. The van der Waals surface area contributed by atoms with Crippen LogP contribution in [0.25, 0.3) is 0 Å². The van der Waals surface area contributed by atoms with Gasteiger partial charge in [-0.05, 0) is 24.1 Å². The van der Waals surface area contributed by atoms with Crippen molar-refractivity contribution in [3.05, 3.63) is 33.8 Å². The molecule has 0 saturated carbocycles. The van der Waals surface area contributed by atoms with Gasteiger partial charge in [-0.15, -0.1) is 0 Å². The van der Waals surface area contributed by atoms with Gasteiger partial charge in [-0.3, -0.25) is 9.69 Å². The molecule has 2 heterocycles. The molecule has 10 heteroatoms. The molecule has 0 bridgehead atoms. The third-order valence-corrected chi connectivity index (χ3v) is 7.30. The molecule has 0 spiro atoms. The van der Waals surface area contributed by atoms with Crippen molar-refractivity contribution in [2.45, 2.75) is 25.0 Å². The minimum absolute atomic E-state index is 0.0729. The number of nitrogens with zero attached hydrogens (tertiary/aromatic N) is 3. The zero-order chi connectivity index (χ0) is 20.5. The van der Waals surface area contributed by atoms with Crippen molar-refractivity contribution in [1.82, 2.24) is 14.1 Å². The fourth-order valence-electron chi connectivity index (χ4n) is 3.81. The lowest BCUT2D eigenvalue weighted by atomic mass is 10.1. The van der Waals surface area contributed by atoms with E-state index in [0.29, 0.717) is 36.1 Å². The fraction of sp³-hybridized carbons (Fsp3) is 0.611. The molecule has 156 valence electrons. The number of piperazine rings is 1. The Balaban J connectivity index is 1.73. The van der Waals surface area contributed by atoms with E-state index < -0.39 is 10.0 Å². The van der Waals surface area contributed by atoms with Gasteiger partial charge >= 0.3 is 0 Å². The second kappa shape index (κ2) is 8.85. The summed E-state index contributed by atoms with van der Waals surface area (Å²) in [5, 5.41) is 10.6. The monoisotopic (exact) mass is 449 g/mol. The number of β-amino-alcohol motifs (C(OH)–C–C–N with tert-alkyl or cyclic N) is 1. The lowest BCUT2D eigenvalue weighted by molar-refractivity contribution is -0.135. The van der Waals surface area contributed by atoms with Gasteiger partial charge in [0.05, 0.1) is 34.9 Å². The Hall–Kier alpha value is -0.900. The molecule has 0 radical (unpaired) electrons. The highest BCUT2D eigenvalue weighted by molar-refractivity contribution is 7.88. The Bertz CT molecular complexity index is 836. The SMILES string of the molecule is CS(=O)(=O)N1CCN(C(=O)Cc2ccc(Cl)c(Cl)c2)[C@@H](CN2CCC(O)C2)C1. The van der Waals surface area contributed by atoms with E-state index in [-0.39, 0.29) is 37.6 Å². The third kappa shape index (κ3) is 5.37. The van der Waals surface area contributed by atoms with Crippen LogP contribution in [0.15, 0.2) is 18.2 Å². The fourth-order valence-corrected chi connectivity index (χ4v) is 4.99. The van der Waals surface area contributed by atoms with Gasteiger partial charge in [0.25, 0.3) is 0 Å². The van der Waals surface area contributed by atoms with E-state index in [2.05, 4.69) is 4.90 Å². The number of rotatable bonds is 5. The van der Waals surface area contributed by atoms with Gasteiger partial charge < -0.3 is 10.0 Å². The molecule has 1 amide bonds.